The third kappa shape index (κ3) is 3.84. The van der Waals surface area contributed by atoms with Gasteiger partial charge in [-0.25, -0.2) is 13.2 Å². The van der Waals surface area contributed by atoms with Crippen molar-refractivity contribution in [1.29, 1.82) is 0 Å². The van der Waals surface area contributed by atoms with Crippen molar-refractivity contribution in [3.05, 3.63) is 72.4 Å². The Balaban J connectivity index is 1.96. The van der Waals surface area contributed by atoms with E-state index in [1.807, 2.05) is 0 Å². The van der Waals surface area contributed by atoms with Crippen LogP contribution in [0.3, 0.4) is 0 Å². The molecule has 0 aliphatic heterocycles. The number of carboxylic acids is 1. The summed E-state index contributed by atoms with van der Waals surface area (Å²) in [4.78, 5) is 14.8. The molecule has 25 heavy (non-hydrogen) atoms. The maximum atomic E-state index is 12.7. The number of sulfonamides is 1. The molecular formula is C18H14N2O4S. The summed E-state index contributed by atoms with van der Waals surface area (Å²) in [5.74, 6) is -1.08. The maximum absolute atomic E-state index is 12.7. The van der Waals surface area contributed by atoms with Crippen LogP contribution in [0.25, 0.3) is 17.0 Å². The van der Waals surface area contributed by atoms with Crippen molar-refractivity contribution in [3.63, 3.8) is 0 Å². The number of carboxylic acid groups (broad SMARTS) is 1. The predicted octanol–water partition coefficient (Wildman–Crippen LogP) is 3.13. The summed E-state index contributed by atoms with van der Waals surface area (Å²) in [6.45, 7) is 0. The number of aromatic nitrogens is 1. The Morgan fingerprint density at radius 3 is 2.64 bits per heavy atom. The molecule has 0 saturated carbocycles. The number of nitrogens with one attached hydrogen (secondary N) is 1. The minimum Gasteiger partial charge on any atom is -0.478 e. The highest BCUT2D eigenvalue weighted by Crippen LogP contribution is 2.23. The molecule has 3 rings (SSSR count). The van der Waals surface area contributed by atoms with Crippen LogP contribution in [-0.4, -0.2) is 24.5 Å². The molecule has 0 fully saturated rings. The van der Waals surface area contributed by atoms with Crippen LogP contribution < -0.4 is 4.72 Å². The van der Waals surface area contributed by atoms with Gasteiger partial charge in [0, 0.05) is 23.3 Å². The van der Waals surface area contributed by atoms with Crippen LogP contribution in [0.4, 0.5) is 5.69 Å². The highest BCUT2D eigenvalue weighted by molar-refractivity contribution is 7.93. The summed E-state index contributed by atoms with van der Waals surface area (Å²) in [5.41, 5.74) is 1.29. The van der Waals surface area contributed by atoms with Gasteiger partial charge in [-0.2, -0.15) is 0 Å². The number of rotatable bonds is 5. The zero-order chi connectivity index (χ0) is 17.9. The maximum Gasteiger partial charge on any atom is 0.328 e. The number of anilines is 1. The lowest BCUT2D eigenvalue weighted by atomic mass is 10.2. The highest BCUT2D eigenvalue weighted by atomic mass is 32.2. The largest absolute Gasteiger partial charge is 0.478 e. The molecule has 0 bridgehead atoms. The van der Waals surface area contributed by atoms with Gasteiger partial charge in [0.25, 0.3) is 10.0 Å². The number of benzene rings is 2. The Bertz CT molecular complexity index is 1070. The molecule has 0 aliphatic carbocycles. The fourth-order valence-electron chi connectivity index (χ4n) is 2.38. The average molecular weight is 354 g/mol. The molecule has 1 heterocycles. The van der Waals surface area contributed by atoms with E-state index in [-0.39, 0.29) is 4.90 Å². The van der Waals surface area contributed by atoms with E-state index in [2.05, 4.69) is 9.71 Å². The fourth-order valence-corrected chi connectivity index (χ4v) is 3.61. The summed E-state index contributed by atoms with van der Waals surface area (Å²) in [7, 11) is -3.84. The van der Waals surface area contributed by atoms with E-state index in [1.54, 1.807) is 54.7 Å². The summed E-state index contributed by atoms with van der Waals surface area (Å²) >= 11 is 0. The molecule has 7 heteroatoms. The lowest BCUT2D eigenvalue weighted by molar-refractivity contribution is -0.131. The molecule has 0 spiro atoms. The van der Waals surface area contributed by atoms with Crippen LogP contribution in [0.15, 0.2) is 71.8 Å². The van der Waals surface area contributed by atoms with E-state index in [0.717, 1.165) is 11.5 Å². The summed E-state index contributed by atoms with van der Waals surface area (Å²) in [6.07, 6.45) is 3.92. The molecule has 6 nitrogen and oxygen atoms in total. The topological polar surface area (TPSA) is 96.4 Å². The first-order valence-corrected chi connectivity index (χ1v) is 8.82. The molecule has 0 radical (unpaired) electrons. The van der Waals surface area contributed by atoms with E-state index in [4.69, 9.17) is 5.11 Å². The molecule has 0 unspecified atom stereocenters. The first-order chi connectivity index (χ1) is 12.0. The smallest absolute Gasteiger partial charge is 0.328 e. The van der Waals surface area contributed by atoms with Crippen molar-refractivity contribution in [2.45, 2.75) is 4.90 Å². The summed E-state index contributed by atoms with van der Waals surface area (Å²) < 4.78 is 28.0. The van der Waals surface area contributed by atoms with E-state index in [9.17, 15) is 13.2 Å². The van der Waals surface area contributed by atoms with Crippen LogP contribution >= 0.6 is 0 Å². The number of pyridine rings is 1. The van der Waals surface area contributed by atoms with Gasteiger partial charge in [-0.3, -0.25) is 9.71 Å². The number of aliphatic carboxylic acids is 1. The molecule has 1 aromatic heterocycles. The second-order valence-electron chi connectivity index (χ2n) is 5.23. The zero-order valence-electron chi connectivity index (χ0n) is 13.0. The van der Waals surface area contributed by atoms with E-state index >= 15 is 0 Å². The zero-order valence-corrected chi connectivity index (χ0v) is 13.8. The molecule has 0 saturated heterocycles. The SMILES string of the molecule is O=C(O)C=Cc1cccc(NS(=O)(=O)c2cccc3cccnc23)c1. The van der Waals surface area contributed by atoms with Gasteiger partial charge >= 0.3 is 5.97 Å². The monoisotopic (exact) mass is 354 g/mol. The van der Waals surface area contributed by atoms with Gasteiger partial charge < -0.3 is 5.11 Å². The first-order valence-electron chi connectivity index (χ1n) is 7.33. The van der Waals surface area contributed by atoms with Crippen LogP contribution in [0.5, 0.6) is 0 Å². The lowest BCUT2D eigenvalue weighted by Gasteiger charge is -2.10. The molecule has 3 aromatic rings. The lowest BCUT2D eigenvalue weighted by Crippen LogP contribution is -2.13. The molecular weight excluding hydrogens is 340 g/mol. The van der Waals surface area contributed by atoms with Crippen molar-refractivity contribution >= 4 is 38.7 Å². The molecule has 2 aromatic carbocycles. The second-order valence-corrected chi connectivity index (χ2v) is 6.88. The molecule has 0 aliphatic rings. The minimum absolute atomic E-state index is 0.0806. The molecule has 0 atom stereocenters. The predicted molar refractivity (Wildman–Crippen MR) is 95.7 cm³/mol. The molecule has 2 N–H and O–H groups in total. The fraction of sp³-hybridized carbons (Fsp3) is 0. The van der Waals surface area contributed by atoms with Gasteiger partial charge in [0.1, 0.15) is 4.90 Å². The summed E-state index contributed by atoms with van der Waals surface area (Å²) in [6, 6.07) is 14.9. The quantitative estimate of drug-likeness (QED) is 0.686. The Hall–Kier alpha value is -3.19. The summed E-state index contributed by atoms with van der Waals surface area (Å²) in [5, 5.41) is 9.40. The van der Waals surface area contributed by atoms with Crippen molar-refractivity contribution in [2.24, 2.45) is 0 Å². The van der Waals surface area contributed by atoms with Crippen molar-refractivity contribution in [1.82, 2.24) is 4.98 Å². The van der Waals surface area contributed by atoms with Gasteiger partial charge in [-0.15, -0.1) is 0 Å². The minimum atomic E-state index is -3.84. The third-order valence-corrected chi connectivity index (χ3v) is 4.86. The van der Waals surface area contributed by atoms with Crippen LogP contribution in [-0.2, 0) is 14.8 Å². The Morgan fingerprint density at radius 2 is 1.84 bits per heavy atom. The van der Waals surface area contributed by atoms with E-state index in [0.29, 0.717) is 16.8 Å². The third-order valence-electron chi connectivity index (χ3n) is 3.44. The number of para-hydroxylation sites is 1. The van der Waals surface area contributed by atoms with Crippen molar-refractivity contribution in [2.75, 3.05) is 4.72 Å². The van der Waals surface area contributed by atoms with Gasteiger partial charge in [-0.05, 0) is 35.9 Å². The standard InChI is InChI=1S/C18H14N2O4S/c21-17(22)10-9-13-4-1-7-15(12-13)20-25(23,24)16-8-2-5-14-6-3-11-19-18(14)16/h1-12,20H,(H,21,22). The van der Waals surface area contributed by atoms with Crippen molar-refractivity contribution in [3.8, 4) is 0 Å². The average Bonchev–Trinajstić information content (AvgIpc) is 2.59. The number of carbonyl (C=O) groups is 1. The van der Waals surface area contributed by atoms with E-state index < -0.39 is 16.0 Å². The molecule has 0 amide bonds. The molecule has 126 valence electrons. The normalized spacial score (nSPS) is 11.7. The Morgan fingerprint density at radius 1 is 1.08 bits per heavy atom. The number of hydrogen-bond acceptors (Lipinski definition) is 4. The number of hydrogen-bond donors (Lipinski definition) is 2. The Kier molecular flexibility index (Phi) is 4.49. The van der Waals surface area contributed by atoms with Crippen LogP contribution in [0, 0.1) is 0 Å². The number of fused-ring (bicyclic) bond motifs is 1. The van der Waals surface area contributed by atoms with Gasteiger partial charge in [0.2, 0.25) is 0 Å². The van der Waals surface area contributed by atoms with Crippen LogP contribution in [0.2, 0.25) is 0 Å². The van der Waals surface area contributed by atoms with Gasteiger partial charge in [0.05, 0.1) is 5.52 Å². The first kappa shape index (κ1) is 16.7. The second kappa shape index (κ2) is 6.74. The van der Waals surface area contributed by atoms with Gasteiger partial charge in [0.15, 0.2) is 0 Å². The van der Waals surface area contributed by atoms with Crippen molar-refractivity contribution < 1.29 is 18.3 Å². The van der Waals surface area contributed by atoms with Gasteiger partial charge in [-0.1, -0.05) is 30.3 Å². The number of nitrogens with zero attached hydrogens (tertiary/aromatic N) is 1. The van der Waals surface area contributed by atoms with E-state index in [1.165, 1.54) is 12.1 Å². The Labute approximate surface area is 144 Å². The highest BCUT2D eigenvalue weighted by Gasteiger charge is 2.18. The van der Waals surface area contributed by atoms with Crippen LogP contribution in [0.1, 0.15) is 5.56 Å².